The number of amides is 2. The van der Waals surface area contributed by atoms with Gasteiger partial charge < -0.3 is 5.73 Å². The van der Waals surface area contributed by atoms with Crippen molar-refractivity contribution in [3.8, 4) is 0 Å². The van der Waals surface area contributed by atoms with E-state index in [0.717, 1.165) is 11.1 Å². The normalized spacial score (nSPS) is 14.1. The molecule has 0 fully saturated rings. The summed E-state index contributed by atoms with van der Waals surface area (Å²) in [5, 5.41) is 2.24. The van der Waals surface area contributed by atoms with Crippen LogP contribution in [-0.2, 0) is 0 Å². The first kappa shape index (κ1) is 8.74. The van der Waals surface area contributed by atoms with E-state index in [4.69, 9.17) is 5.73 Å². The zero-order chi connectivity index (χ0) is 10.5. The molecule has 1 aliphatic rings. The van der Waals surface area contributed by atoms with Gasteiger partial charge in [-0.05, 0) is 31.0 Å². The summed E-state index contributed by atoms with van der Waals surface area (Å²) in [5.41, 5.74) is 8.74. The topological polar surface area (TPSA) is 72.2 Å². The summed E-state index contributed by atoms with van der Waals surface area (Å²) in [6.07, 6.45) is 0. The van der Waals surface area contributed by atoms with E-state index in [0.29, 0.717) is 16.8 Å². The Hall–Kier alpha value is -1.84. The quantitative estimate of drug-likeness (QED) is 0.468. The third kappa shape index (κ3) is 0.937. The van der Waals surface area contributed by atoms with Crippen molar-refractivity contribution in [2.45, 2.75) is 13.8 Å². The third-order valence-corrected chi connectivity index (χ3v) is 2.64. The Morgan fingerprint density at radius 2 is 1.79 bits per heavy atom. The highest BCUT2D eigenvalue weighted by atomic mass is 16.2. The SMILES string of the molecule is Cc1c(N)cc2c(c1C)C(=O)NC2=O. The molecule has 1 aromatic rings. The molecule has 2 rings (SSSR count). The fourth-order valence-corrected chi connectivity index (χ4v) is 1.65. The lowest BCUT2D eigenvalue weighted by molar-refractivity contribution is 0.0879. The first-order valence-corrected chi connectivity index (χ1v) is 4.27. The Morgan fingerprint density at radius 3 is 2.43 bits per heavy atom. The Kier molecular flexibility index (Phi) is 1.61. The van der Waals surface area contributed by atoms with E-state index in [1.807, 2.05) is 6.92 Å². The van der Waals surface area contributed by atoms with Gasteiger partial charge in [-0.3, -0.25) is 14.9 Å². The summed E-state index contributed by atoms with van der Waals surface area (Å²) in [6, 6.07) is 1.55. The van der Waals surface area contributed by atoms with Crippen molar-refractivity contribution >= 4 is 17.5 Å². The standard InChI is InChI=1S/C10H10N2O2/c1-4-5(2)8-6(3-7(4)11)9(13)12-10(8)14/h3H,11H2,1-2H3,(H,12,13,14). The highest BCUT2D eigenvalue weighted by Gasteiger charge is 2.29. The minimum atomic E-state index is -0.361. The van der Waals surface area contributed by atoms with Crippen LogP contribution in [0.5, 0.6) is 0 Å². The van der Waals surface area contributed by atoms with E-state index in [1.54, 1.807) is 13.0 Å². The number of benzene rings is 1. The number of nitrogens with one attached hydrogen (secondary N) is 1. The van der Waals surface area contributed by atoms with Gasteiger partial charge in [0.2, 0.25) is 0 Å². The molecular formula is C10H10N2O2. The number of fused-ring (bicyclic) bond motifs is 1. The third-order valence-electron chi connectivity index (χ3n) is 2.64. The number of hydrogen-bond acceptors (Lipinski definition) is 3. The van der Waals surface area contributed by atoms with E-state index in [1.165, 1.54) is 0 Å². The van der Waals surface area contributed by atoms with Gasteiger partial charge in [0.25, 0.3) is 11.8 Å². The van der Waals surface area contributed by atoms with Gasteiger partial charge in [0, 0.05) is 5.69 Å². The summed E-state index contributed by atoms with van der Waals surface area (Å²) >= 11 is 0. The molecule has 3 N–H and O–H groups in total. The Balaban J connectivity index is 2.82. The number of nitrogens with two attached hydrogens (primary N) is 1. The number of imide groups is 1. The molecule has 0 aromatic heterocycles. The highest BCUT2D eigenvalue weighted by Crippen LogP contribution is 2.26. The number of nitrogen functional groups attached to an aromatic ring is 1. The molecule has 72 valence electrons. The molecule has 1 heterocycles. The van der Waals surface area contributed by atoms with Crippen LogP contribution < -0.4 is 11.1 Å². The molecule has 0 spiro atoms. The molecule has 0 saturated carbocycles. The molecule has 14 heavy (non-hydrogen) atoms. The number of anilines is 1. The fraction of sp³-hybridized carbons (Fsp3) is 0.200. The molecule has 4 nitrogen and oxygen atoms in total. The van der Waals surface area contributed by atoms with Crippen LogP contribution in [0.15, 0.2) is 6.07 Å². The molecule has 2 amide bonds. The second-order valence-electron chi connectivity index (χ2n) is 3.42. The van der Waals surface area contributed by atoms with Gasteiger partial charge in [-0.1, -0.05) is 0 Å². The molecule has 0 unspecified atom stereocenters. The predicted octanol–water partition coefficient (Wildman–Crippen LogP) is 0.769. The monoisotopic (exact) mass is 190 g/mol. The fourth-order valence-electron chi connectivity index (χ4n) is 1.65. The van der Waals surface area contributed by atoms with Crippen LogP contribution in [0, 0.1) is 13.8 Å². The Labute approximate surface area is 81.1 Å². The van der Waals surface area contributed by atoms with Crippen LogP contribution in [0.1, 0.15) is 31.8 Å². The van der Waals surface area contributed by atoms with Crippen LogP contribution >= 0.6 is 0 Å². The van der Waals surface area contributed by atoms with Crippen LogP contribution in [0.25, 0.3) is 0 Å². The lowest BCUT2D eigenvalue weighted by atomic mass is 9.97. The van der Waals surface area contributed by atoms with Gasteiger partial charge in [-0.2, -0.15) is 0 Å². The molecule has 0 atom stereocenters. The van der Waals surface area contributed by atoms with Crippen molar-refractivity contribution in [3.63, 3.8) is 0 Å². The first-order valence-electron chi connectivity index (χ1n) is 4.27. The molecule has 1 aromatic carbocycles. The lowest BCUT2D eigenvalue weighted by Crippen LogP contribution is -2.20. The molecule has 0 aliphatic carbocycles. The number of carbonyl (C=O) groups excluding carboxylic acids is 2. The van der Waals surface area contributed by atoms with Crippen molar-refractivity contribution in [2.24, 2.45) is 0 Å². The second kappa shape index (κ2) is 2.57. The zero-order valence-electron chi connectivity index (χ0n) is 7.97. The molecular weight excluding hydrogens is 180 g/mol. The van der Waals surface area contributed by atoms with Gasteiger partial charge in [-0.15, -0.1) is 0 Å². The molecule has 1 aliphatic heterocycles. The van der Waals surface area contributed by atoms with Crippen LogP contribution in [0.4, 0.5) is 5.69 Å². The van der Waals surface area contributed by atoms with E-state index in [-0.39, 0.29) is 11.8 Å². The smallest absolute Gasteiger partial charge is 0.259 e. The van der Waals surface area contributed by atoms with Gasteiger partial charge in [0.05, 0.1) is 11.1 Å². The number of carbonyl (C=O) groups is 2. The maximum absolute atomic E-state index is 11.4. The van der Waals surface area contributed by atoms with Crippen LogP contribution in [-0.4, -0.2) is 11.8 Å². The van der Waals surface area contributed by atoms with Gasteiger partial charge in [-0.25, -0.2) is 0 Å². The summed E-state index contributed by atoms with van der Waals surface area (Å²) in [4.78, 5) is 22.7. The summed E-state index contributed by atoms with van der Waals surface area (Å²) in [7, 11) is 0. The van der Waals surface area contributed by atoms with Crippen molar-refractivity contribution in [1.29, 1.82) is 0 Å². The van der Waals surface area contributed by atoms with Crippen LogP contribution in [0.2, 0.25) is 0 Å². The van der Waals surface area contributed by atoms with Gasteiger partial charge in [0.15, 0.2) is 0 Å². The van der Waals surface area contributed by atoms with E-state index >= 15 is 0 Å². The van der Waals surface area contributed by atoms with E-state index < -0.39 is 0 Å². The summed E-state index contributed by atoms with van der Waals surface area (Å²) < 4.78 is 0. The second-order valence-corrected chi connectivity index (χ2v) is 3.42. The average Bonchev–Trinajstić information content (AvgIpc) is 2.38. The first-order chi connectivity index (χ1) is 6.52. The maximum Gasteiger partial charge on any atom is 0.259 e. The molecule has 0 bridgehead atoms. The molecule has 0 radical (unpaired) electrons. The summed E-state index contributed by atoms with van der Waals surface area (Å²) in [5.74, 6) is -0.689. The number of rotatable bonds is 0. The van der Waals surface area contributed by atoms with Crippen molar-refractivity contribution in [1.82, 2.24) is 5.32 Å². The predicted molar refractivity (Wildman–Crippen MR) is 52.1 cm³/mol. The maximum atomic E-state index is 11.4. The Morgan fingerprint density at radius 1 is 1.14 bits per heavy atom. The summed E-state index contributed by atoms with van der Waals surface area (Å²) in [6.45, 7) is 3.63. The zero-order valence-corrected chi connectivity index (χ0v) is 7.97. The largest absolute Gasteiger partial charge is 0.398 e. The van der Waals surface area contributed by atoms with Crippen molar-refractivity contribution in [2.75, 3.05) is 5.73 Å². The minimum absolute atomic E-state index is 0.328. The molecule has 0 saturated heterocycles. The van der Waals surface area contributed by atoms with E-state index in [2.05, 4.69) is 5.32 Å². The van der Waals surface area contributed by atoms with Crippen molar-refractivity contribution < 1.29 is 9.59 Å². The Bertz CT molecular complexity index is 464. The van der Waals surface area contributed by atoms with Crippen molar-refractivity contribution in [3.05, 3.63) is 28.3 Å². The highest BCUT2D eigenvalue weighted by molar-refractivity contribution is 6.22. The van der Waals surface area contributed by atoms with E-state index in [9.17, 15) is 9.59 Å². The molecule has 4 heteroatoms. The lowest BCUT2D eigenvalue weighted by Gasteiger charge is -2.07. The van der Waals surface area contributed by atoms with Gasteiger partial charge in [0.1, 0.15) is 0 Å². The average molecular weight is 190 g/mol. The van der Waals surface area contributed by atoms with Gasteiger partial charge >= 0.3 is 0 Å². The van der Waals surface area contributed by atoms with Crippen LogP contribution in [0.3, 0.4) is 0 Å². The number of hydrogen-bond donors (Lipinski definition) is 2. The minimum Gasteiger partial charge on any atom is -0.398 e.